The fraction of sp³-hybridized carbons (Fsp3) is 0. The van der Waals surface area contributed by atoms with Crippen molar-refractivity contribution in [2.24, 2.45) is 0 Å². The van der Waals surface area contributed by atoms with Crippen LogP contribution in [0.5, 0.6) is 5.75 Å². The van der Waals surface area contributed by atoms with E-state index < -0.39 is 0 Å². The highest BCUT2D eigenvalue weighted by atomic mass is 16.3. The van der Waals surface area contributed by atoms with Crippen LogP contribution in [-0.2, 0) is 0 Å². The topological polar surface area (TPSA) is 75.4 Å². The lowest BCUT2D eigenvalue weighted by molar-refractivity contribution is 0.102. The lowest BCUT2D eigenvalue weighted by Crippen LogP contribution is -2.11. The molecule has 2 rings (SSSR count). The van der Waals surface area contributed by atoms with E-state index in [9.17, 15) is 4.79 Å². The van der Waals surface area contributed by atoms with E-state index in [0.717, 1.165) is 0 Å². The van der Waals surface area contributed by atoms with Crippen LogP contribution < -0.4 is 11.1 Å². The first kappa shape index (κ1) is 11.0. The number of hydrogen-bond donors (Lipinski definition) is 3. The summed E-state index contributed by atoms with van der Waals surface area (Å²) < 4.78 is 0. The van der Waals surface area contributed by atoms with Gasteiger partial charge in [0.2, 0.25) is 0 Å². The van der Waals surface area contributed by atoms with E-state index in [4.69, 9.17) is 10.8 Å². The lowest BCUT2D eigenvalue weighted by Gasteiger charge is -2.05. The van der Waals surface area contributed by atoms with Gasteiger partial charge in [-0.3, -0.25) is 4.79 Å². The first-order valence-electron chi connectivity index (χ1n) is 5.11. The van der Waals surface area contributed by atoms with Crippen molar-refractivity contribution in [3.05, 3.63) is 54.1 Å². The lowest BCUT2D eigenvalue weighted by atomic mass is 10.2. The van der Waals surface area contributed by atoms with Crippen molar-refractivity contribution in [2.45, 2.75) is 0 Å². The number of phenolic OH excluding ortho intramolecular Hbond substituents is 1. The first-order chi connectivity index (χ1) is 8.15. The van der Waals surface area contributed by atoms with Crippen molar-refractivity contribution in [2.75, 3.05) is 11.1 Å². The normalized spacial score (nSPS) is 9.88. The average Bonchev–Trinajstić information content (AvgIpc) is 2.33. The molecule has 0 aliphatic carbocycles. The van der Waals surface area contributed by atoms with Crippen molar-refractivity contribution >= 4 is 17.3 Å². The van der Waals surface area contributed by atoms with Crippen LogP contribution in [0.25, 0.3) is 0 Å². The van der Waals surface area contributed by atoms with Crippen LogP contribution in [0.2, 0.25) is 0 Å². The molecule has 4 nitrogen and oxygen atoms in total. The van der Waals surface area contributed by atoms with Crippen LogP contribution in [0.4, 0.5) is 11.4 Å². The first-order valence-corrected chi connectivity index (χ1v) is 5.11. The van der Waals surface area contributed by atoms with Gasteiger partial charge in [0, 0.05) is 16.9 Å². The maximum absolute atomic E-state index is 11.8. The number of benzene rings is 2. The van der Waals surface area contributed by atoms with E-state index in [2.05, 4.69) is 5.32 Å². The Morgan fingerprint density at radius 2 is 1.59 bits per heavy atom. The summed E-state index contributed by atoms with van der Waals surface area (Å²) in [6.07, 6.45) is 0. The molecular formula is C13H12N2O2. The number of rotatable bonds is 2. The third-order valence-electron chi connectivity index (χ3n) is 2.30. The highest BCUT2D eigenvalue weighted by Gasteiger charge is 2.05. The SMILES string of the molecule is Nc1ccc(C(=O)Nc2ccc(O)cc2)cc1. The average molecular weight is 228 g/mol. The fourth-order valence-electron chi connectivity index (χ4n) is 1.38. The number of hydrogen-bond acceptors (Lipinski definition) is 3. The number of aromatic hydroxyl groups is 1. The van der Waals surface area contributed by atoms with Crippen molar-refractivity contribution < 1.29 is 9.90 Å². The van der Waals surface area contributed by atoms with E-state index in [-0.39, 0.29) is 11.7 Å². The number of nitrogen functional groups attached to an aromatic ring is 1. The number of nitrogens with one attached hydrogen (secondary N) is 1. The molecule has 86 valence electrons. The quantitative estimate of drug-likeness (QED) is 0.545. The molecule has 0 fully saturated rings. The molecule has 17 heavy (non-hydrogen) atoms. The molecule has 0 aliphatic rings. The molecule has 0 heterocycles. The van der Waals surface area contributed by atoms with E-state index in [0.29, 0.717) is 16.9 Å². The summed E-state index contributed by atoms with van der Waals surface area (Å²) >= 11 is 0. The molecule has 0 radical (unpaired) electrons. The molecule has 0 aromatic heterocycles. The summed E-state index contributed by atoms with van der Waals surface area (Å²) in [5.41, 5.74) is 7.32. The zero-order chi connectivity index (χ0) is 12.3. The molecule has 0 atom stereocenters. The van der Waals surface area contributed by atoms with Crippen molar-refractivity contribution in [3.63, 3.8) is 0 Å². The van der Waals surface area contributed by atoms with Gasteiger partial charge in [-0.1, -0.05) is 0 Å². The largest absolute Gasteiger partial charge is 0.508 e. The smallest absolute Gasteiger partial charge is 0.255 e. The molecule has 0 saturated heterocycles. The van der Waals surface area contributed by atoms with Gasteiger partial charge in [0.25, 0.3) is 5.91 Å². The summed E-state index contributed by atoms with van der Waals surface area (Å²) in [5, 5.41) is 11.8. The monoisotopic (exact) mass is 228 g/mol. The van der Waals surface area contributed by atoms with Gasteiger partial charge >= 0.3 is 0 Å². The van der Waals surface area contributed by atoms with E-state index in [1.54, 1.807) is 36.4 Å². The van der Waals surface area contributed by atoms with Crippen LogP contribution >= 0.6 is 0 Å². The van der Waals surface area contributed by atoms with Gasteiger partial charge in [0.1, 0.15) is 5.75 Å². The van der Waals surface area contributed by atoms with Gasteiger partial charge in [-0.25, -0.2) is 0 Å². The van der Waals surface area contributed by atoms with Crippen LogP contribution in [0.1, 0.15) is 10.4 Å². The molecular weight excluding hydrogens is 216 g/mol. The molecule has 2 aromatic carbocycles. The summed E-state index contributed by atoms with van der Waals surface area (Å²) in [7, 11) is 0. The minimum atomic E-state index is -0.212. The summed E-state index contributed by atoms with van der Waals surface area (Å²) in [6, 6.07) is 12.9. The predicted molar refractivity (Wildman–Crippen MR) is 66.9 cm³/mol. The Bertz CT molecular complexity index is 518. The number of carbonyl (C=O) groups is 1. The highest BCUT2D eigenvalue weighted by Crippen LogP contribution is 2.15. The Morgan fingerprint density at radius 1 is 1.00 bits per heavy atom. The van der Waals surface area contributed by atoms with E-state index in [1.165, 1.54) is 12.1 Å². The van der Waals surface area contributed by atoms with Gasteiger partial charge < -0.3 is 16.2 Å². The number of phenols is 1. The minimum absolute atomic E-state index is 0.162. The summed E-state index contributed by atoms with van der Waals surface area (Å²) in [5.74, 6) is -0.0498. The predicted octanol–water partition coefficient (Wildman–Crippen LogP) is 2.23. The molecule has 0 unspecified atom stereocenters. The second kappa shape index (κ2) is 4.57. The zero-order valence-corrected chi connectivity index (χ0v) is 9.05. The molecule has 4 heteroatoms. The number of nitrogens with two attached hydrogens (primary N) is 1. The molecule has 0 saturated carbocycles. The van der Waals surface area contributed by atoms with Crippen LogP contribution in [0.3, 0.4) is 0 Å². The van der Waals surface area contributed by atoms with E-state index >= 15 is 0 Å². The second-order valence-electron chi connectivity index (χ2n) is 3.62. The zero-order valence-electron chi connectivity index (χ0n) is 9.05. The standard InChI is InChI=1S/C13H12N2O2/c14-10-3-1-9(2-4-10)13(17)15-11-5-7-12(16)8-6-11/h1-8,16H,14H2,(H,15,17). The maximum Gasteiger partial charge on any atom is 0.255 e. The Kier molecular flexibility index (Phi) is 2.96. The Labute approximate surface area is 98.7 Å². The van der Waals surface area contributed by atoms with Gasteiger partial charge in [-0.05, 0) is 48.5 Å². The van der Waals surface area contributed by atoms with E-state index in [1.807, 2.05) is 0 Å². The number of amides is 1. The van der Waals surface area contributed by atoms with Gasteiger partial charge in [-0.15, -0.1) is 0 Å². The third kappa shape index (κ3) is 2.75. The molecule has 0 spiro atoms. The van der Waals surface area contributed by atoms with Crippen molar-refractivity contribution in [3.8, 4) is 5.75 Å². The molecule has 2 aromatic rings. The molecule has 4 N–H and O–H groups in total. The highest BCUT2D eigenvalue weighted by molar-refractivity contribution is 6.04. The van der Waals surface area contributed by atoms with Crippen molar-refractivity contribution in [1.29, 1.82) is 0 Å². The maximum atomic E-state index is 11.8. The van der Waals surface area contributed by atoms with Gasteiger partial charge in [0.05, 0.1) is 0 Å². The molecule has 0 bridgehead atoms. The fourth-order valence-corrected chi connectivity index (χ4v) is 1.38. The molecule has 0 aliphatic heterocycles. The summed E-state index contributed by atoms with van der Waals surface area (Å²) in [6.45, 7) is 0. The minimum Gasteiger partial charge on any atom is -0.508 e. The second-order valence-corrected chi connectivity index (χ2v) is 3.62. The van der Waals surface area contributed by atoms with Gasteiger partial charge in [-0.2, -0.15) is 0 Å². The Morgan fingerprint density at radius 3 is 2.18 bits per heavy atom. The van der Waals surface area contributed by atoms with Crippen LogP contribution in [0, 0.1) is 0 Å². The summed E-state index contributed by atoms with van der Waals surface area (Å²) in [4.78, 5) is 11.8. The third-order valence-corrected chi connectivity index (χ3v) is 2.30. The number of carbonyl (C=O) groups excluding carboxylic acids is 1. The Hall–Kier alpha value is -2.49. The van der Waals surface area contributed by atoms with Crippen LogP contribution in [-0.4, -0.2) is 11.0 Å². The van der Waals surface area contributed by atoms with Crippen LogP contribution in [0.15, 0.2) is 48.5 Å². The molecule has 1 amide bonds. The van der Waals surface area contributed by atoms with Crippen molar-refractivity contribution in [1.82, 2.24) is 0 Å². The van der Waals surface area contributed by atoms with Gasteiger partial charge in [0.15, 0.2) is 0 Å². The Balaban J connectivity index is 2.11. The number of anilines is 2.